The van der Waals surface area contributed by atoms with Gasteiger partial charge in [0.2, 0.25) is 0 Å². The number of ketones is 1. The standard InChI is InChI=1S/C11H12ClFO2/c1-15-6-2-3-11(14)9-5-4-8(12)7-10(9)13/h4-5,7H,2-3,6H2,1H3. The first-order chi connectivity index (χ1) is 7.15. The lowest BCUT2D eigenvalue weighted by atomic mass is 10.1. The fourth-order valence-corrected chi connectivity index (χ4v) is 1.39. The predicted molar refractivity (Wildman–Crippen MR) is 56.9 cm³/mol. The largest absolute Gasteiger partial charge is 0.385 e. The molecule has 0 heterocycles. The molecule has 0 atom stereocenters. The van der Waals surface area contributed by atoms with Crippen molar-refractivity contribution in [2.24, 2.45) is 0 Å². The van der Waals surface area contributed by atoms with Crippen molar-refractivity contribution >= 4 is 17.4 Å². The molecule has 82 valence electrons. The van der Waals surface area contributed by atoms with Gasteiger partial charge in [0.25, 0.3) is 0 Å². The van der Waals surface area contributed by atoms with Gasteiger partial charge < -0.3 is 4.74 Å². The van der Waals surface area contributed by atoms with Crippen LogP contribution in [-0.4, -0.2) is 19.5 Å². The highest BCUT2D eigenvalue weighted by atomic mass is 35.5. The Hall–Kier alpha value is -0.930. The minimum atomic E-state index is -0.565. The van der Waals surface area contributed by atoms with Crippen LogP contribution in [-0.2, 0) is 4.74 Å². The van der Waals surface area contributed by atoms with Gasteiger partial charge in [-0.25, -0.2) is 4.39 Å². The number of carbonyl (C=O) groups excluding carboxylic acids is 1. The van der Waals surface area contributed by atoms with E-state index in [2.05, 4.69) is 0 Å². The van der Waals surface area contributed by atoms with E-state index in [0.717, 1.165) is 6.07 Å². The monoisotopic (exact) mass is 230 g/mol. The van der Waals surface area contributed by atoms with Crippen LogP contribution < -0.4 is 0 Å². The van der Waals surface area contributed by atoms with Crippen molar-refractivity contribution in [3.63, 3.8) is 0 Å². The highest BCUT2D eigenvalue weighted by Gasteiger charge is 2.11. The molecule has 0 radical (unpaired) electrons. The number of halogens is 2. The Balaban J connectivity index is 2.65. The van der Waals surface area contributed by atoms with Gasteiger partial charge in [0.15, 0.2) is 5.78 Å². The quantitative estimate of drug-likeness (QED) is 0.574. The Morgan fingerprint density at radius 2 is 2.27 bits per heavy atom. The van der Waals surface area contributed by atoms with Gasteiger partial charge >= 0.3 is 0 Å². The van der Waals surface area contributed by atoms with Crippen LogP contribution in [0.25, 0.3) is 0 Å². The molecule has 0 N–H and O–H groups in total. The van der Waals surface area contributed by atoms with E-state index in [4.69, 9.17) is 16.3 Å². The van der Waals surface area contributed by atoms with Gasteiger partial charge in [-0.15, -0.1) is 0 Å². The first-order valence-corrected chi connectivity index (χ1v) is 5.00. The smallest absolute Gasteiger partial charge is 0.165 e. The molecular weight excluding hydrogens is 219 g/mol. The third-order valence-electron chi connectivity index (χ3n) is 1.98. The second-order valence-electron chi connectivity index (χ2n) is 3.14. The van der Waals surface area contributed by atoms with Crippen molar-refractivity contribution in [3.8, 4) is 0 Å². The summed E-state index contributed by atoms with van der Waals surface area (Å²) in [4.78, 5) is 11.5. The summed E-state index contributed by atoms with van der Waals surface area (Å²) in [5, 5.41) is 0.293. The molecule has 0 bridgehead atoms. The van der Waals surface area contributed by atoms with E-state index >= 15 is 0 Å². The summed E-state index contributed by atoms with van der Waals surface area (Å²) in [6.07, 6.45) is 0.879. The molecule has 0 aromatic heterocycles. The molecule has 0 unspecified atom stereocenters. The molecule has 0 aliphatic rings. The maximum Gasteiger partial charge on any atom is 0.165 e. The molecule has 1 aromatic rings. The minimum Gasteiger partial charge on any atom is -0.385 e. The van der Waals surface area contributed by atoms with E-state index in [9.17, 15) is 9.18 Å². The summed E-state index contributed by atoms with van der Waals surface area (Å²) in [5.41, 5.74) is 0.0931. The lowest BCUT2D eigenvalue weighted by Crippen LogP contribution is -2.03. The summed E-state index contributed by atoms with van der Waals surface area (Å²) in [5.74, 6) is -0.786. The molecule has 0 spiro atoms. The third kappa shape index (κ3) is 3.61. The van der Waals surface area contributed by atoms with Crippen molar-refractivity contribution in [2.45, 2.75) is 12.8 Å². The van der Waals surface area contributed by atoms with Crippen LogP contribution in [0.5, 0.6) is 0 Å². The number of Topliss-reactive ketones (excluding diaryl/α,β-unsaturated/α-hetero) is 1. The molecule has 0 amide bonds. The normalized spacial score (nSPS) is 10.3. The number of carbonyl (C=O) groups is 1. The maximum absolute atomic E-state index is 13.3. The number of methoxy groups -OCH3 is 1. The SMILES string of the molecule is COCCCC(=O)c1ccc(Cl)cc1F. The first-order valence-electron chi connectivity index (χ1n) is 4.62. The van der Waals surface area contributed by atoms with E-state index in [1.807, 2.05) is 0 Å². The zero-order valence-electron chi connectivity index (χ0n) is 8.43. The molecule has 0 saturated heterocycles. The van der Waals surface area contributed by atoms with Crippen LogP contribution >= 0.6 is 11.6 Å². The summed E-state index contributed by atoms with van der Waals surface area (Å²) in [6.45, 7) is 0.501. The third-order valence-corrected chi connectivity index (χ3v) is 2.22. The molecule has 0 aliphatic heterocycles. The van der Waals surface area contributed by atoms with Gasteiger partial charge in [0.1, 0.15) is 5.82 Å². The highest BCUT2D eigenvalue weighted by molar-refractivity contribution is 6.30. The van der Waals surface area contributed by atoms with Crippen LogP contribution in [0.3, 0.4) is 0 Å². The Kier molecular flexibility index (Phi) is 4.72. The lowest BCUT2D eigenvalue weighted by Gasteiger charge is -2.02. The second-order valence-corrected chi connectivity index (χ2v) is 3.58. The van der Waals surface area contributed by atoms with Crippen molar-refractivity contribution in [2.75, 3.05) is 13.7 Å². The van der Waals surface area contributed by atoms with Gasteiger partial charge in [-0.05, 0) is 24.6 Å². The summed E-state index contributed by atoms with van der Waals surface area (Å²) >= 11 is 5.58. The average molecular weight is 231 g/mol. The van der Waals surface area contributed by atoms with Gasteiger partial charge in [-0.1, -0.05) is 11.6 Å². The van der Waals surface area contributed by atoms with E-state index in [1.165, 1.54) is 12.1 Å². The Morgan fingerprint density at radius 1 is 1.53 bits per heavy atom. The predicted octanol–water partition coefficient (Wildman–Crippen LogP) is 3.09. The van der Waals surface area contributed by atoms with Crippen molar-refractivity contribution in [1.82, 2.24) is 0 Å². The molecule has 0 saturated carbocycles. The topological polar surface area (TPSA) is 26.3 Å². The minimum absolute atomic E-state index is 0.0931. The summed E-state index contributed by atoms with van der Waals surface area (Å²) < 4.78 is 18.1. The maximum atomic E-state index is 13.3. The van der Waals surface area contributed by atoms with Crippen molar-refractivity contribution in [3.05, 3.63) is 34.6 Å². The highest BCUT2D eigenvalue weighted by Crippen LogP contribution is 2.16. The lowest BCUT2D eigenvalue weighted by molar-refractivity contribution is 0.0959. The summed E-state index contributed by atoms with van der Waals surface area (Å²) in [6, 6.07) is 4.06. The van der Waals surface area contributed by atoms with E-state index < -0.39 is 5.82 Å². The van der Waals surface area contributed by atoms with Crippen LogP contribution in [0.2, 0.25) is 5.02 Å². The Labute approximate surface area is 93.0 Å². The second kappa shape index (κ2) is 5.83. The Bertz CT molecular complexity index is 352. The van der Waals surface area contributed by atoms with E-state index in [1.54, 1.807) is 7.11 Å². The molecule has 15 heavy (non-hydrogen) atoms. The number of hydrogen-bond acceptors (Lipinski definition) is 2. The zero-order chi connectivity index (χ0) is 11.3. The average Bonchev–Trinajstić information content (AvgIpc) is 2.17. The van der Waals surface area contributed by atoms with Crippen LogP contribution in [0.1, 0.15) is 23.2 Å². The number of rotatable bonds is 5. The fraction of sp³-hybridized carbons (Fsp3) is 0.364. The van der Waals surface area contributed by atoms with Crippen molar-refractivity contribution in [1.29, 1.82) is 0 Å². The van der Waals surface area contributed by atoms with Gasteiger partial charge in [-0.2, -0.15) is 0 Å². The van der Waals surface area contributed by atoms with E-state index in [0.29, 0.717) is 18.1 Å². The molecule has 2 nitrogen and oxygen atoms in total. The van der Waals surface area contributed by atoms with Gasteiger partial charge in [-0.3, -0.25) is 4.79 Å². The number of hydrogen-bond donors (Lipinski definition) is 0. The molecule has 1 aromatic carbocycles. The first kappa shape index (κ1) is 12.1. The van der Waals surface area contributed by atoms with E-state index in [-0.39, 0.29) is 17.8 Å². The summed E-state index contributed by atoms with van der Waals surface area (Å²) in [7, 11) is 1.56. The molecule has 1 rings (SSSR count). The van der Waals surface area contributed by atoms with Crippen LogP contribution in [0.4, 0.5) is 4.39 Å². The van der Waals surface area contributed by atoms with Crippen LogP contribution in [0, 0.1) is 5.82 Å². The Morgan fingerprint density at radius 3 is 2.87 bits per heavy atom. The van der Waals surface area contributed by atoms with Gasteiger partial charge in [0, 0.05) is 25.2 Å². The zero-order valence-corrected chi connectivity index (χ0v) is 9.18. The molecular formula is C11H12ClFO2. The number of ether oxygens (including phenoxy) is 1. The fourth-order valence-electron chi connectivity index (χ4n) is 1.23. The van der Waals surface area contributed by atoms with Crippen LogP contribution in [0.15, 0.2) is 18.2 Å². The van der Waals surface area contributed by atoms with Gasteiger partial charge in [0.05, 0.1) is 5.56 Å². The molecule has 4 heteroatoms. The molecule has 0 fully saturated rings. The number of benzene rings is 1. The van der Waals surface area contributed by atoms with Crippen molar-refractivity contribution < 1.29 is 13.9 Å². The molecule has 0 aliphatic carbocycles.